The minimum Gasteiger partial charge on any atom is -0.491 e. The summed E-state index contributed by atoms with van der Waals surface area (Å²) in [5.41, 5.74) is 5.88. The average Bonchev–Trinajstić information content (AvgIpc) is 2.30. The summed E-state index contributed by atoms with van der Waals surface area (Å²) >= 11 is 0. The summed E-state index contributed by atoms with van der Waals surface area (Å²) in [6.45, 7) is 7.71. The van der Waals surface area contributed by atoms with E-state index in [0.717, 1.165) is 17.9 Å². The zero-order valence-electron chi connectivity index (χ0n) is 12.2. The van der Waals surface area contributed by atoms with Gasteiger partial charge >= 0.3 is 0 Å². The number of carbonyl (C=O) groups excluding carboxylic acids is 1. The Morgan fingerprint density at radius 3 is 2.42 bits per heavy atom. The van der Waals surface area contributed by atoms with Crippen molar-refractivity contribution in [2.75, 3.05) is 5.32 Å². The highest BCUT2D eigenvalue weighted by atomic mass is 16.5. The quantitative estimate of drug-likeness (QED) is 0.830. The highest BCUT2D eigenvalue weighted by Crippen LogP contribution is 2.18. The minimum absolute atomic E-state index is 0.136. The topological polar surface area (TPSA) is 64.4 Å². The van der Waals surface area contributed by atoms with Crippen LogP contribution in [-0.4, -0.2) is 17.6 Å². The molecule has 0 fully saturated rings. The van der Waals surface area contributed by atoms with Crippen LogP contribution in [0.25, 0.3) is 0 Å². The lowest BCUT2D eigenvalue weighted by Crippen LogP contribution is -2.48. The SMILES string of the molecule is CCCC(C)(N)C(=O)Nc1ccc(OC(C)C)cc1. The Morgan fingerprint density at radius 2 is 1.95 bits per heavy atom. The molecule has 0 bridgehead atoms. The Bertz CT molecular complexity index is 411. The number of rotatable bonds is 6. The Morgan fingerprint density at radius 1 is 1.37 bits per heavy atom. The average molecular weight is 264 g/mol. The first-order valence-corrected chi connectivity index (χ1v) is 6.72. The second-order valence-corrected chi connectivity index (χ2v) is 5.31. The fourth-order valence-electron chi connectivity index (χ4n) is 1.80. The van der Waals surface area contributed by atoms with Crippen LogP contribution in [-0.2, 0) is 4.79 Å². The standard InChI is InChI=1S/C15H24N2O2/c1-5-10-15(4,16)14(18)17-12-6-8-13(9-7-12)19-11(2)3/h6-9,11H,5,10,16H2,1-4H3,(H,17,18). The molecule has 1 rings (SSSR count). The number of hydrogen-bond acceptors (Lipinski definition) is 3. The van der Waals surface area contributed by atoms with Crippen molar-refractivity contribution < 1.29 is 9.53 Å². The number of benzene rings is 1. The smallest absolute Gasteiger partial charge is 0.244 e. The zero-order valence-corrected chi connectivity index (χ0v) is 12.2. The van der Waals surface area contributed by atoms with Crippen molar-refractivity contribution in [2.45, 2.75) is 52.2 Å². The summed E-state index contributed by atoms with van der Waals surface area (Å²) in [4.78, 5) is 12.0. The number of nitrogens with one attached hydrogen (secondary N) is 1. The largest absolute Gasteiger partial charge is 0.491 e. The maximum absolute atomic E-state index is 12.0. The molecular formula is C15H24N2O2. The van der Waals surface area contributed by atoms with Gasteiger partial charge in [0.2, 0.25) is 5.91 Å². The molecule has 0 heterocycles. The molecule has 1 unspecified atom stereocenters. The van der Waals surface area contributed by atoms with E-state index >= 15 is 0 Å². The van der Waals surface area contributed by atoms with Gasteiger partial charge in [0.05, 0.1) is 11.6 Å². The van der Waals surface area contributed by atoms with Crippen LogP contribution in [0.3, 0.4) is 0 Å². The summed E-state index contributed by atoms with van der Waals surface area (Å²) in [6.07, 6.45) is 1.67. The van der Waals surface area contributed by atoms with Gasteiger partial charge < -0.3 is 15.8 Å². The van der Waals surface area contributed by atoms with Gasteiger partial charge in [0.15, 0.2) is 0 Å². The number of nitrogens with two attached hydrogens (primary N) is 1. The van der Waals surface area contributed by atoms with E-state index in [1.54, 1.807) is 6.92 Å². The predicted octanol–water partition coefficient (Wildman–Crippen LogP) is 2.93. The molecular weight excluding hydrogens is 240 g/mol. The molecule has 0 radical (unpaired) electrons. The summed E-state index contributed by atoms with van der Waals surface area (Å²) < 4.78 is 5.54. The van der Waals surface area contributed by atoms with Gasteiger partial charge in [-0.2, -0.15) is 0 Å². The molecule has 1 amide bonds. The van der Waals surface area contributed by atoms with E-state index < -0.39 is 5.54 Å². The molecule has 0 aliphatic heterocycles. The first-order valence-electron chi connectivity index (χ1n) is 6.72. The molecule has 0 spiro atoms. The maximum Gasteiger partial charge on any atom is 0.244 e. The first kappa shape index (κ1) is 15.5. The van der Waals surface area contributed by atoms with Crippen LogP contribution in [0.1, 0.15) is 40.5 Å². The number of anilines is 1. The van der Waals surface area contributed by atoms with E-state index in [-0.39, 0.29) is 12.0 Å². The van der Waals surface area contributed by atoms with E-state index in [9.17, 15) is 4.79 Å². The van der Waals surface area contributed by atoms with Gasteiger partial charge in [0.25, 0.3) is 0 Å². The predicted molar refractivity (Wildman–Crippen MR) is 78.3 cm³/mol. The van der Waals surface area contributed by atoms with Crippen molar-refractivity contribution >= 4 is 11.6 Å². The monoisotopic (exact) mass is 264 g/mol. The van der Waals surface area contributed by atoms with Crippen molar-refractivity contribution in [3.8, 4) is 5.75 Å². The van der Waals surface area contributed by atoms with E-state index in [4.69, 9.17) is 10.5 Å². The summed E-state index contributed by atoms with van der Waals surface area (Å²) in [6, 6.07) is 7.31. The number of amides is 1. The fraction of sp³-hybridized carbons (Fsp3) is 0.533. The molecule has 4 heteroatoms. The lowest BCUT2D eigenvalue weighted by molar-refractivity contribution is -0.120. The van der Waals surface area contributed by atoms with E-state index in [1.807, 2.05) is 45.0 Å². The molecule has 1 aromatic rings. The highest BCUT2D eigenvalue weighted by Gasteiger charge is 2.27. The van der Waals surface area contributed by atoms with Crippen LogP contribution in [0.2, 0.25) is 0 Å². The normalized spacial score (nSPS) is 14.0. The summed E-state index contributed by atoms with van der Waals surface area (Å²) in [5, 5.41) is 2.83. The molecule has 0 aliphatic rings. The molecule has 106 valence electrons. The minimum atomic E-state index is -0.831. The Labute approximate surface area is 115 Å². The molecule has 19 heavy (non-hydrogen) atoms. The fourth-order valence-corrected chi connectivity index (χ4v) is 1.80. The van der Waals surface area contributed by atoms with Crippen LogP contribution in [0, 0.1) is 0 Å². The molecule has 3 N–H and O–H groups in total. The van der Waals surface area contributed by atoms with Crippen LogP contribution in [0.5, 0.6) is 5.75 Å². The van der Waals surface area contributed by atoms with E-state index in [0.29, 0.717) is 6.42 Å². The maximum atomic E-state index is 12.0. The summed E-state index contributed by atoms with van der Waals surface area (Å²) in [7, 11) is 0. The zero-order chi connectivity index (χ0) is 14.5. The van der Waals surface area contributed by atoms with Gasteiger partial charge in [-0.1, -0.05) is 13.3 Å². The Balaban J connectivity index is 2.65. The molecule has 1 aromatic carbocycles. The second kappa shape index (κ2) is 6.57. The third kappa shape index (κ3) is 4.91. The number of ether oxygens (including phenoxy) is 1. The van der Waals surface area contributed by atoms with Crippen molar-refractivity contribution in [1.29, 1.82) is 0 Å². The van der Waals surface area contributed by atoms with E-state index in [2.05, 4.69) is 5.32 Å². The molecule has 0 aromatic heterocycles. The highest BCUT2D eigenvalue weighted by molar-refractivity contribution is 5.97. The van der Waals surface area contributed by atoms with Crippen molar-refractivity contribution in [3.63, 3.8) is 0 Å². The van der Waals surface area contributed by atoms with Gasteiger partial charge in [-0.15, -0.1) is 0 Å². The first-order chi connectivity index (χ1) is 8.85. The second-order valence-electron chi connectivity index (χ2n) is 5.31. The molecule has 0 saturated carbocycles. The van der Waals surface area contributed by atoms with Gasteiger partial charge in [0.1, 0.15) is 5.75 Å². The van der Waals surface area contributed by atoms with Gasteiger partial charge in [-0.3, -0.25) is 4.79 Å². The van der Waals surface area contributed by atoms with Gasteiger partial charge in [-0.25, -0.2) is 0 Å². The van der Waals surface area contributed by atoms with E-state index in [1.165, 1.54) is 0 Å². The Hall–Kier alpha value is -1.55. The van der Waals surface area contributed by atoms with Crippen molar-refractivity contribution in [1.82, 2.24) is 0 Å². The Kier molecular flexibility index (Phi) is 5.36. The van der Waals surface area contributed by atoms with Crippen LogP contribution < -0.4 is 15.8 Å². The molecule has 1 atom stereocenters. The van der Waals surface area contributed by atoms with Crippen LogP contribution >= 0.6 is 0 Å². The number of hydrogen-bond donors (Lipinski definition) is 2. The third-order valence-corrected chi connectivity index (χ3v) is 2.77. The lowest BCUT2D eigenvalue weighted by atomic mass is 9.96. The molecule has 0 saturated heterocycles. The molecule has 0 aliphatic carbocycles. The van der Waals surface area contributed by atoms with Crippen molar-refractivity contribution in [3.05, 3.63) is 24.3 Å². The van der Waals surface area contributed by atoms with Gasteiger partial charge in [0, 0.05) is 5.69 Å². The van der Waals surface area contributed by atoms with Crippen molar-refractivity contribution in [2.24, 2.45) is 5.73 Å². The lowest BCUT2D eigenvalue weighted by Gasteiger charge is -2.22. The van der Waals surface area contributed by atoms with Gasteiger partial charge in [-0.05, 0) is 51.5 Å². The third-order valence-electron chi connectivity index (χ3n) is 2.77. The molecule has 4 nitrogen and oxygen atoms in total. The number of carbonyl (C=O) groups is 1. The van der Waals surface area contributed by atoms with Crippen LogP contribution in [0.4, 0.5) is 5.69 Å². The van der Waals surface area contributed by atoms with Crippen LogP contribution in [0.15, 0.2) is 24.3 Å². The summed E-state index contributed by atoms with van der Waals surface area (Å²) in [5.74, 6) is 0.629.